The van der Waals surface area contributed by atoms with Crippen molar-refractivity contribution in [1.29, 1.82) is 0 Å². The van der Waals surface area contributed by atoms with Crippen molar-refractivity contribution < 1.29 is 4.74 Å². The van der Waals surface area contributed by atoms with Crippen LogP contribution in [0.2, 0.25) is 0 Å². The normalized spacial score (nSPS) is 9.93. The molecule has 0 aliphatic carbocycles. The molecule has 0 saturated heterocycles. The zero-order valence-corrected chi connectivity index (χ0v) is 10.7. The van der Waals surface area contributed by atoms with E-state index in [-0.39, 0.29) is 0 Å². The summed E-state index contributed by atoms with van der Waals surface area (Å²) in [6.07, 6.45) is 2.10. The third-order valence-electron chi connectivity index (χ3n) is 1.78. The largest absolute Gasteiger partial charge is 0.495 e. The molecule has 0 aromatic heterocycles. The van der Waals surface area contributed by atoms with Crippen molar-refractivity contribution in [3.63, 3.8) is 0 Å². The maximum Gasteiger partial charge on any atom is 0.142 e. The number of methoxy groups -OCH3 is 1. The van der Waals surface area contributed by atoms with Gasteiger partial charge in [-0.15, -0.1) is 0 Å². The van der Waals surface area contributed by atoms with Crippen molar-refractivity contribution >= 4 is 33.4 Å². The van der Waals surface area contributed by atoms with Gasteiger partial charge in [-0.2, -0.15) is 11.8 Å². The average molecular weight is 276 g/mol. The summed E-state index contributed by atoms with van der Waals surface area (Å²) in [5.74, 6) is 1.98. The summed E-state index contributed by atoms with van der Waals surface area (Å²) in [5.41, 5.74) is 1.04. The predicted molar refractivity (Wildman–Crippen MR) is 67.6 cm³/mol. The molecule has 14 heavy (non-hydrogen) atoms. The highest BCUT2D eigenvalue weighted by atomic mass is 79.9. The number of hydrogen-bond acceptors (Lipinski definition) is 3. The van der Waals surface area contributed by atoms with Crippen LogP contribution in [0.4, 0.5) is 5.69 Å². The van der Waals surface area contributed by atoms with Gasteiger partial charge in [-0.3, -0.25) is 0 Å². The van der Waals surface area contributed by atoms with Crippen LogP contribution in [0.1, 0.15) is 0 Å². The summed E-state index contributed by atoms with van der Waals surface area (Å²) in [7, 11) is 1.68. The molecule has 0 aliphatic heterocycles. The van der Waals surface area contributed by atoms with E-state index in [1.165, 1.54) is 0 Å². The van der Waals surface area contributed by atoms with Gasteiger partial charge in [0.2, 0.25) is 0 Å². The highest BCUT2D eigenvalue weighted by molar-refractivity contribution is 9.10. The molecule has 1 N–H and O–H groups in total. The molecule has 1 aromatic rings. The highest BCUT2D eigenvalue weighted by Crippen LogP contribution is 2.27. The lowest BCUT2D eigenvalue weighted by Crippen LogP contribution is -2.05. The van der Waals surface area contributed by atoms with Gasteiger partial charge in [-0.05, 0) is 24.5 Å². The molecule has 0 spiro atoms. The minimum atomic E-state index is 0.884. The van der Waals surface area contributed by atoms with Gasteiger partial charge in [0, 0.05) is 16.8 Å². The summed E-state index contributed by atoms with van der Waals surface area (Å²) in [6, 6.07) is 5.95. The van der Waals surface area contributed by atoms with Gasteiger partial charge in [-0.25, -0.2) is 0 Å². The van der Waals surface area contributed by atoms with Crippen LogP contribution in [0, 0.1) is 0 Å². The molecular weight excluding hydrogens is 262 g/mol. The number of nitrogens with one attached hydrogen (secondary N) is 1. The number of anilines is 1. The van der Waals surface area contributed by atoms with Gasteiger partial charge < -0.3 is 10.1 Å². The van der Waals surface area contributed by atoms with Crippen molar-refractivity contribution in [1.82, 2.24) is 0 Å². The fourth-order valence-corrected chi connectivity index (χ4v) is 1.77. The second-order valence-corrected chi connectivity index (χ2v) is 4.67. The Hall–Kier alpha value is -0.350. The van der Waals surface area contributed by atoms with Crippen LogP contribution in [-0.4, -0.2) is 25.7 Å². The van der Waals surface area contributed by atoms with Crippen LogP contribution in [0.5, 0.6) is 5.75 Å². The molecular formula is C10H14BrNOS. The number of hydrogen-bond donors (Lipinski definition) is 1. The van der Waals surface area contributed by atoms with E-state index < -0.39 is 0 Å². The summed E-state index contributed by atoms with van der Waals surface area (Å²) in [4.78, 5) is 0. The van der Waals surface area contributed by atoms with Gasteiger partial charge in [0.15, 0.2) is 0 Å². The quantitative estimate of drug-likeness (QED) is 0.834. The van der Waals surface area contributed by atoms with Crippen LogP contribution in [0.15, 0.2) is 22.7 Å². The molecule has 0 atom stereocenters. The molecule has 0 aliphatic rings. The van der Waals surface area contributed by atoms with E-state index >= 15 is 0 Å². The fraction of sp³-hybridized carbons (Fsp3) is 0.400. The van der Waals surface area contributed by atoms with Crippen LogP contribution < -0.4 is 10.1 Å². The molecule has 0 amide bonds. The van der Waals surface area contributed by atoms with Crippen LogP contribution in [0.3, 0.4) is 0 Å². The van der Waals surface area contributed by atoms with Crippen LogP contribution >= 0.6 is 27.7 Å². The minimum Gasteiger partial charge on any atom is -0.495 e. The molecule has 1 rings (SSSR count). The monoisotopic (exact) mass is 275 g/mol. The van der Waals surface area contributed by atoms with Gasteiger partial charge in [0.1, 0.15) is 5.75 Å². The summed E-state index contributed by atoms with van der Waals surface area (Å²) >= 11 is 5.26. The Labute approximate surface area is 97.5 Å². The maximum atomic E-state index is 5.24. The fourth-order valence-electron chi connectivity index (χ4n) is 1.11. The van der Waals surface area contributed by atoms with E-state index in [0.29, 0.717) is 0 Å². The second-order valence-electron chi connectivity index (χ2n) is 2.76. The van der Waals surface area contributed by atoms with Crippen LogP contribution in [-0.2, 0) is 0 Å². The van der Waals surface area contributed by atoms with E-state index in [0.717, 1.165) is 28.2 Å². The molecule has 78 valence electrons. The Morgan fingerprint density at radius 2 is 2.29 bits per heavy atom. The Kier molecular flexibility index (Phi) is 5.19. The molecule has 2 nitrogen and oxygen atoms in total. The number of halogens is 1. The topological polar surface area (TPSA) is 21.3 Å². The molecule has 0 heterocycles. The summed E-state index contributed by atoms with van der Waals surface area (Å²) < 4.78 is 6.30. The van der Waals surface area contributed by atoms with Crippen molar-refractivity contribution in [2.45, 2.75) is 0 Å². The van der Waals surface area contributed by atoms with Crippen molar-refractivity contribution in [3.8, 4) is 5.75 Å². The Morgan fingerprint density at radius 1 is 1.50 bits per heavy atom. The predicted octanol–water partition coefficient (Wildman–Crippen LogP) is 3.23. The first-order chi connectivity index (χ1) is 6.77. The maximum absolute atomic E-state index is 5.24. The molecule has 0 unspecified atom stereocenters. The lowest BCUT2D eigenvalue weighted by atomic mass is 10.3. The lowest BCUT2D eigenvalue weighted by molar-refractivity contribution is 0.416. The number of ether oxygens (including phenoxy) is 1. The smallest absolute Gasteiger partial charge is 0.142 e. The van der Waals surface area contributed by atoms with Crippen LogP contribution in [0.25, 0.3) is 0 Å². The van der Waals surface area contributed by atoms with Gasteiger partial charge in [0.25, 0.3) is 0 Å². The first kappa shape index (κ1) is 11.7. The standard InChI is InChI=1S/C10H14BrNOS/c1-13-10-4-3-8(11)7-9(10)12-5-6-14-2/h3-4,7,12H,5-6H2,1-2H3. The van der Waals surface area contributed by atoms with E-state index in [1.807, 2.05) is 30.0 Å². The molecule has 0 fully saturated rings. The van der Waals surface area contributed by atoms with Crippen molar-refractivity contribution in [3.05, 3.63) is 22.7 Å². The summed E-state index contributed by atoms with van der Waals surface area (Å²) in [5, 5.41) is 3.33. The lowest BCUT2D eigenvalue weighted by Gasteiger charge is -2.10. The summed E-state index contributed by atoms with van der Waals surface area (Å²) in [6.45, 7) is 0.952. The van der Waals surface area contributed by atoms with E-state index in [1.54, 1.807) is 7.11 Å². The second kappa shape index (κ2) is 6.19. The van der Waals surface area contributed by atoms with Gasteiger partial charge >= 0.3 is 0 Å². The third kappa shape index (κ3) is 3.42. The van der Waals surface area contributed by atoms with E-state index in [4.69, 9.17) is 4.74 Å². The number of benzene rings is 1. The van der Waals surface area contributed by atoms with Gasteiger partial charge in [-0.1, -0.05) is 15.9 Å². The van der Waals surface area contributed by atoms with Crippen molar-refractivity contribution in [2.75, 3.05) is 31.0 Å². The number of rotatable bonds is 5. The Bertz CT molecular complexity index is 293. The SMILES string of the molecule is COc1ccc(Br)cc1NCCSC. The average Bonchev–Trinajstić information content (AvgIpc) is 2.19. The molecule has 0 bridgehead atoms. The minimum absolute atomic E-state index is 0.884. The Balaban J connectivity index is 2.67. The van der Waals surface area contributed by atoms with Crippen molar-refractivity contribution in [2.24, 2.45) is 0 Å². The zero-order chi connectivity index (χ0) is 10.4. The molecule has 4 heteroatoms. The van der Waals surface area contributed by atoms with E-state index in [2.05, 4.69) is 27.5 Å². The first-order valence-electron chi connectivity index (χ1n) is 4.34. The highest BCUT2D eigenvalue weighted by Gasteiger charge is 2.01. The first-order valence-corrected chi connectivity index (χ1v) is 6.53. The molecule has 1 aromatic carbocycles. The Morgan fingerprint density at radius 3 is 2.93 bits per heavy atom. The van der Waals surface area contributed by atoms with Gasteiger partial charge in [0.05, 0.1) is 12.8 Å². The zero-order valence-electron chi connectivity index (χ0n) is 8.34. The van der Waals surface area contributed by atoms with E-state index in [9.17, 15) is 0 Å². The third-order valence-corrected chi connectivity index (χ3v) is 2.89. The molecule has 0 radical (unpaired) electrons. The molecule has 0 saturated carbocycles. The number of thioether (sulfide) groups is 1.